The number of hydrogen-bond acceptors (Lipinski definition) is 4. The summed E-state index contributed by atoms with van der Waals surface area (Å²) >= 11 is 5.77. The number of oxime groups is 1. The summed E-state index contributed by atoms with van der Waals surface area (Å²) in [5.41, 5.74) is -5.28. The molecule has 0 bridgehead atoms. The molecule has 1 unspecified atom stereocenters. The molecule has 13 heteroatoms. The highest BCUT2D eigenvalue weighted by Crippen LogP contribution is 2.50. The van der Waals surface area contributed by atoms with Gasteiger partial charge in [-0.25, -0.2) is 0 Å². The van der Waals surface area contributed by atoms with Crippen LogP contribution >= 0.6 is 11.6 Å². The summed E-state index contributed by atoms with van der Waals surface area (Å²) in [6.45, 7) is 3.23. The van der Waals surface area contributed by atoms with Crippen molar-refractivity contribution in [2.45, 2.75) is 44.3 Å². The third kappa shape index (κ3) is 5.72. The Morgan fingerprint density at radius 3 is 2.33 bits per heavy atom. The highest BCUT2D eigenvalue weighted by Gasteiger charge is 2.62. The Morgan fingerprint density at radius 2 is 1.70 bits per heavy atom. The molecule has 0 spiro atoms. The Morgan fingerprint density at radius 1 is 1.02 bits per heavy atom. The van der Waals surface area contributed by atoms with Crippen molar-refractivity contribution >= 4 is 39.9 Å². The molecule has 4 rings (SSSR count). The van der Waals surface area contributed by atoms with Crippen LogP contribution in [0.15, 0.2) is 59.8 Å². The lowest BCUT2D eigenvalue weighted by molar-refractivity contribution is -0.276. The van der Waals surface area contributed by atoms with Gasteiger partial charge in [0.1, 0.15) is 0 Å². The number of halogens is 7. The van der Waals surface area contributed by atoms with Crippen LogP contribution in [0.2, 0.25) is 5.02 Å². The van der Waals surface area contributed by atoms with E-state index in [4.69, 9.17) is 16.4 Å². The Labute approximate surface area is 229 Å². The van der Waals surface area contributed by atoms with Gasteiger partial charge in [-0.05, 0) is 48.9 Å². The van der Waals surface area contributed by atoms with Crippen molar-refractivity contribution in [1.29, 1.82) is 0 Å². The molecule has 3 aromatic rings. The van der Waals surface area contributed by atoms with Crippen LogP contribution in [0.3, 0.4) is 0 Å². The molecule has 40 heavy (non-hydrogen) atoms. The first-order valence-electron chi connectivity index (χ1n) is 11.9. The Bertz CT molecular complexity index is 1500. The van der Waals surface area contributed by atoms with Crippen molar-refractivity contribution in [3.63, 3.8) is 0 Å². The molecule has 0 radical (unpaired) electrons. The predicted molar refractivity (Wildman–Crippen MR) is 136 cm³/mol. The quantitative estimate of drug-likeness (QED) is 0.331. The molecule has 2 amide bonds. The van der Waals surface area contributed by atoms with Gasteiger partial charge in [-0.15, -0.1) is 0 Å². The molecule has 3 aromatic carbocycles. The molecular weight excluding hydrogens is 564 g/mol. The maximum absolute atomic E-state index is 14.5. The lowest BCUT2D eigenvalue weighted by Gasteiger charge is -2.30. The van der Waals surface area contributed by atoms with Gasteiger partial charge in [-0.1, -0.05) is 47.1 Å². The van der Waals surface area contributed by atoms with Gasteiger partial charge in [0, 0.05) is 34.2 Å². The van der Waals surface area contributed by atoms with E-state index in [1.54, 1.807) is 38.1 Å². The minimum absolute atomic E-state index is 0.130. The van der Waals surface area contributed by atoms with Crippen LogP contribution in [-0.4, -0.2) is 36.3 Å². The average Bonchev–Trinajstić information content (AvgIpc) is 3.32. The van der Waals surface area contributed by atoms with E-state index >= 15 is 0 Å². The van der Waals surface area contributed by atoms with Crippen LogP contribution in [0, 0.1) is 0 Å². The molecule has 1 aliphatic rings. The van der Waals surface area contributed by atoms with Crippen molar-refractivity contribution < 1.29 is 40.8 Å². The zero-order chi connectivity index (χ0) is 29.5. The largest absolute Gasteiger partial charge is 0.435 e. The van der Waals surface area contributed by atoms with E-state index in [9.17, 15) is 35.9 Å². The first-order valence-corrected chi connectivity index (χ1v) is 12.3. The van der Waals surface area contributed by atoms with Gasteiger partial charge in [-0.2, -0.15) is 26.3 Å². The maximum atomic E-state index is 14.5. The fourth-order valence-electron chi connectivity index (χ4n) is 4.41. The summed E-state index contributed by atoms with van der Waals surface area (Å²) in [5.74, 6) is -0.991. The molecule has 0 saturated heterocycles. The monoisotopic (exact) mass is 585 g/mol. The van der Waals surface area contributed by atoms with E-state index in [1.807, 2.05) is 0 Å². The highest BCUT2D eigenvalue weighted by molar-refractivity contribution is 6.30. The summed E-state index contributed by atoms with van der Waals surface area (Å²) in [7, 11) is 0. The molecule has 1 atom stereocenters. The number of alkyl halides is 6. The summed E-state index contributed by atoms with van der Waals surface area (Å²) in [6.07, 6.45) is -11.1. The third-order valence-electron chi connectivity index (χ3n) is 6.22. The highest BCUT2D eigenvalue weighted by atomic mass is 35.5. The topological polar surface area (TPSA) is 79.8 Å². The fourth-order valence-corrected chi connectivity index (χ4v) is 4.65. The second kappa shape index (κ2) is 10.6. The van der Waals surface area contributed by atoms with Crippen molar-refractivity contribution in [3.8, 4) is 0 Å². The minimum Gasteiger partial charge on any atom is -0.374 e. The predicted octanol–water partition coefficient (Wildman–Crippen LogP) is 6.35. The number of benzene rings is 3. The van der Waals surface area contributed by atoms with Gasteiger partial charge in [-0.3, -0.25) is 9.59 Å². The number of rotatable bonds is 6. The molecule has 1 heterocycles. The van der Waals surface area contributed by atoms with Gasteiger partial charge in [0.25, 0.3) is 11.5 Å². The summed E-state index contributed by atoms with van der Waals surface area (Å²) in [5, 5.41) is 8.95. The zero-order valence-electron chi connectivity index (χ0n) is 21.0. The molecule has 1 aliphatic heterocycles. The molecule has 2 N–H and O–H groups in total. The lowest BCUT2D eigenvalue weighted by atomic mass is 9.84. The van der Waals surface area contributed by atoms with Crippen molar-refractivity contribution in [2.75, 3.05) is 6.54 Å². The third-order valence-corrected chi connectivity index (χ3v) is 6.43. The summed E-state index contributed by atoms with van der Waals surface area (Å²) < 4.78 is 83.5. The number of carbonyl (C=O) groups excluding carboxylic acids is 2. The van der Waals surface area contributed by atoms with E-state index in [2.05, 4.69) is 15.8 Å². The number of nitrogens with zero attached hydrogens (tertiary/aromatic N) is 1. The number of fused-ring (bicyclic) bond motifs is 1. The minimum atomic E-state index is -5.17. The molecular formula is C27H22ClF6N3O3. The van der Waals surface area contributed by atoms with E-state index < -0.39 is 52.3 Å². The van der Waals surface area contributed by atoms with Crippen molar-refractivity contribution in [3.05, 3.63) is 81.9 Å². The van der Waals surface area contributed by atoms with Crippen LogP contribution in [-0.2, 0) is 21.4 Å². The number of nitrogens with one attached hydrogen (secondary N) is 2. The summed E-state index contributed by atoms with van der Waals surface area (Å²) in [4.78, 5) is 29.7. The van der Waals surface area contributed by atoms with Crippen LogP contribution in [0.5, 0.6) is 0 Å². The van der Waals surface area contributed by atoms with Gasteiger partial charge in [0.15, 0.2) is 0 Å². The molecule has 0 saturated carbocycles. The molecule has 0 aromatic heterocycles. The van der Waals surface area contributed by atoms with Gasteiger partial charge in [0.05, 0.1) is 17.8 Å². The molecule has 212 valence electrons. The maximum Gasteiger partial charge on any atom is 0.435 e. The molecule has 0 fully saturated rings. The van der Waals surface area contributed by atoms with Crippen LogP contribution in [0.25, 0.3) is 10.8 Å². The molecule has 0 aliphatic carbocycles. The normalized spacial score (nSPS) is 17.5. The van der Waals surface area contributed by atoms with E-state index in [1.165, 1.54) is 12.1 Å². The smallest absolute Gasteiger partial charge is 0.374 e. The number of hydrogen-bond donors (Lipinski definition) is 2. The zero-order valence-corrected chi connectivity index (χ0v) is 21.8. The Kier molecular flexibility index (Phi) is 7.77. The van der Waals surface area contributed by atoms with Gasteiger partial charge >= 0.3 is 12.4 Å². The van der Waals surface area contributed by atoms with Gasteiger partial charge in [0.2, 0.25) is 5.91 Å². The van der Waals surface area contributed by atoms with E-state index in [-0.39, 0.29) is 29.4 Å². The standard InChI is InChI=1S/C27H22ClF6N3O3/c1-14(2)36-23(38)13-35-24(39)21-8-7-20(18-5-3-4-6-19(18)21)22-12-25(40-37-22,27(32,33)34)15-9-16(26(29,30)31)11-17(28)10-15/h3-11,14H,12-13H2,1-2H3,(H,35,39)(H,36,38). The number of carbonyl (C=O) groups is 2. The SMILES string of the molecule is CC(C)NC(=O)CNC(=O)c1ccc(C2=NOC(c3cc(Cl)cc(C(F)(F)F)c3)(C(F)(F)F)C2)c2ccccc12. The van der Waals surface area contributed by atoms with Crippen LogP contribution in [0.4, 0.5) is 26.3 Å². The van der Waals surface area contributed by atoms with Crippen LogP contribution in [0.1, 0.15) is 47.3 Å². The van der Waals surface area contributed by atoms with Crippen molar-refractivity contribution in [1.82, 2.24) is 10.6 Å². The van der Waals surface area contributed by atoms with E-state index in [0.717, 1.165) is 6.07 Å². The van der Waals surface area contributed by atoms with Crippen LogP contribution < -0.4 is 10.6 Å². The first-order chi connectivity index (χ1) is 18.6. The van der Waals surface area contributed by atoms with E-state index in [0.29, 0.717) is 22.9 Å². The second-order valence-electron chi connectivity index (χ2n) is 9.47. The Hall–Kier alpha value is -3.80. The average molecular weight is 586 g/mol. The Balaban J connectivity index is 1.71. The molecule has 6 nitrogen and oxygen atoms in total. The second-order valence-corrected chi connectivity index (χ2v) is 9.90. The summed E-state index contributed by atoms with van der Waals surface area (Å²) in [6, 6.07) is 10.6. The lowest BCUT2D eigenvalue weighted by Crippen LogP contribution is -2.43. The fraction of sp³-hybridized carbons (Fsp3) is 0.296. The number of amides is 2. The first kappa shape index (κ1) is 29.2. The van der Waals surface area contributed by atoms with Crippen molar-refractivity contribution in [2.24, 2.45) is 5.16 Å². The van der Waals surface area contributed by atoms with Gasteiger partial charge < -0.3 is 15.5 Å².